The Balaban J connectivity index is 0.000000409. The van der Waals surface area contributed by atoms with Crippen LogP contribution in [0.2, 0.25) is 54.4 Å². The van der Waals surface area contributed by atoms with Gasteiger partial charge >= 0.3 is 0 Å². The number of alkyl halides is 2. The fourth-order valence-electron chi connectivity index (χ4n) is 6.05. The first-order valence-corrected chi connectivity index (χ1v) is 33.6. The van der Waals surface area contributed by atoms with Crippen molar-refractivity contribution in [2.24, 2.45) is 0 Å². The third-order valence-corrected chi connectivity index (χ3v) is 27.5. The Hall–Kier alpha value is -0.279. The van der Waals surface area contributed by atoms with E-state index in [1.165, 1.54) is 36.8 Å². The fraction of sp³-hybridized carbons (Fsp3) is 0.750. The molecular formula is C48H90Cl3N3O3Si3. The van der Waals surface area contributed by atoms with Crippen LogP contribution in [0, 0.1) is 0 Å². The number of aliphatic hydroxyl groups excluding tert-OH is 1. The van der Waals surface area contributed by atoms with Crippen molar-refractivity contribution in [3.05, 3.63) is 71.8 Å². The van der Waals surface area contributed by atoms with Crippen molar-refractivity contribution >= 4 is 58.3 Å². The maximum Gasteiger partial charge on any atom is 0.192 e. The van der Waals surface area contributed by atoms with Crippen molar-refractivity contribution in [2.75, 3.05) is 44.6 Å². The molecule has 0 spiro atoms. The van der Waals surface area contributed by atoms with E-state index in [2.05, 4.69) is 171 Å². The molecule has 5 rings (SSSR count). The minimum Gasteiger partial charge on any atom is -0.414 e. The number of hydrogen-bond acceptors (Lipinski definition) is 6. The molecular weight excluding hydrogens is 857 g/mol. The molecule has 0 radical (unpaired) electrons. The van der Waals surface area contributed by atoms with Gasteiger partial charge in [-0.25, -0.2) is 0 Å². The van der Waals surface area contributed by atoms with E-state index in [-0.39, 0.29) is 11.4 Å². The molecule has 348 valence electrons. The van der Waals surface area contributed by atoms with Gasteiger partial charge in [-0.3, -0.25) is 9.80 Å². The summed E-state index contributed by atoms with van der Waals surface area (Å²) in [5.41, 5.74) is 2.78. The first-order chi connectivity index (χ1) is 27.6. The summed E-state index contributed by atoms with van der Waals surface area (Å²) >= 11 is 15.7. The Bertz CT molecular complexity index is 1360. The molecule has 0 amide bonds. The average molecular weight is 948 g/mol. The third kappa shape index (κ3) is 23.6. The molecule has 3 saturated heterocycles. The molecule has 3 fully saturated rings. The van der Waals surface area contributed by atoms with Gasteiger partial charge in [0.05, 0.1) is 11.4 Å². The number of halogens is 3. The van der Waals surface area contributed by atoms with Crippen LogP contribution in [-0.4, -0.2) is 102 Å². The summed E-state index contributed by atoms with van der Waals surface area (Å²) in [4.78, 5) is 4.96. The summed E-state index contributed by atoms with van der Waals surface area (Å²) in [6.45, 7) is 43.0. The number of rotatable bonds is 8. The van der Waals surface area contributed by atoms with Crippen LogP contribution in [0.4, 0.5) is 0 Å². The first kappa shape index (κ1) is 57.7. The van der Waals surface area contributed by atoms with E-state index in [9.17, 15) is 5.11 Å². The molecule has 0 bridgehead atoms. The number of hydrogen-bond donors (Lipinski definition) is 2. The number of nitrogens with one attached hydrogen (secondary N) is 1. The highest BCUT2D eigenvalue weighted by Gasteiger charge is 2.40. The van der Waals surface area contributed by atoms with Gasteiger partial charge in [-0.05, 0) is 104 Å². The molecule has 0 atom stereocenters. The Kier molecular flexibility index (Phi) is 26.2. The molecule has 3 heterocycles. The maximum atomic E-state index is 9.37. The van der Waals surface area contributed by atoms with Crippen molar-refractivity contribution in [2.45, 2.75) is 187 Å². The summed E-state index contributed by atoms with van der Waals surface area (Å²) < 4.78 is 12.9. The van der Waals surface area contributed by atoms with Gasteiger partial charge in [0.15, 0.2) is 24.0 Å². The normalized spacial score (nSPS) is 18.4. The van der Waals surface area contributed by atoms with Crippen molar-refractivity contribution in [1.29, 1.82) is 0 Å². The van der Waals surface area contributed by atoms with Crippen LogP contribution in [-0.2, 0) is 21.9 Å². The van der Waals surface area contributed by atoms with E-state index < -0.39 is 24.0 Å². The first-order valence-electron chi connectivity index (χ1n) is 22.7. The lowest BCUT2D eigenvalue weighted by molar-refractivity contribution is 0.0792. The number of piperidine rings is 3. The summed E-state index contributed by atoms with van der Waals surface area (Å²) in [5, 5.41) is 13.9. The van der Waals surface area contributed by atoms with Gasteiger partial charge < -0.3 is 19.3 Å². The zero-order valence-electron chi connectivity index (χ0n) is 40.9. The highest BCUT2D eigenvalue weighted by atomic mass is 35.6. The molecule has 0 aromatic heterocycles. The predicted molar refractivity (Wildman–Crippen MR) is 274 cm³/mol. The van der Waals surface area contributed by atoms with Crippen LogP contribution < -0.4 is 5.32 Å². The molecule has 12 heteroatoms. The molecule has 2 N–H and O–H groups in total. The standard InChI is InChI=1S/C18H31NOSi.C12H17NO.C11H25NOSi.C6H15ClSi.CH2Cl2/c1-18(2,3)21(4,5)20-17-11-13-19(14-12-17)15-16-9-7-6-8-10-16;14-12-6-8-13(9-7-12)10-11-4-2-1-3-5-11;1-11(2,3)14(4,5)13-10-6-8-12-9-7-10;1-6(2,3)8(4,5)7;2-1-3/h6-10,17H,11-15H2,1-5H3;1-5,12,14H,6-10H2;10,12H,6-9H2,1-5H3;1-5H3;1H2. The Morgan fingerprint density at radius 3 is 1.17 bits per heavy atom. The minimum atomic E-state index is -1.61. The number of nitrogens with zero attached hydrogens (tertiary/aromatic N) is 2. The van der Waals surface area contributed by atoms with Crippen LogP contribution in [0.1, 0.15) is 112 Å². The van der Waals surface area contributed by atoms with Crippen LogP contribution in [0.5, 0.6) is 0 Å². The van der Waals surface area contributed by atoms with Crippen LogP contribution in [0.15, 0.2) is 60.7 Å². The molecule has 3 aliphatic rings. The molecule has 3 aliphatic heterocycles. The fourth-order valence-corrected chi connectivity index (χ4v) is 8.89. The quantitative estimate of drug-likeness (QED) is 0.156. The largest absolute Gasteiger partial charge is 0.414 e. The average Bonchev–Trinajstić information content (AvgIpc) is 3.14. The Labute approximate surface area is 388 Å². The number of benzene rings is 2. The Morgan fingerprint density at radius 1 is 0.567 bits per heavy atom. The van der Waals surface area contributed by atoms with Gasteiger partial charge in [0, 0.05) is 51.5 Å². The second kappa shape index (κ2) is 27.3. The lowest BCUT2D eigenvalue weighted by Gasteiger charge is -2.42. The summed E-state index contributed by atoms with van der Waals surface area (Å²) in [6.07, 6.45) is 7.49. The van der Waals surface area contributed by atoms with Crippen molar-refractivity contribution in [3.63, 3.8) is 0 Å². The zero-order valence-corrected chi connectivity index (χ0v) is 46.2. The van der Waals surface area contributed by atoms with Crippen LogP contribution >= 0.6 is 34.3 Å². The molecule has 6 nitrogen and oxygen atoms in total. The Morgan fingerprint density at radius 2 is 0.867 bits per heavy atom. The monoisotopic (exact) mass is 946 g/mol. The second-order valence-corrected chi connectivity index (χ2v) is 39.1. The second-order valence-electron chi connectivity index (χ2n) is 21.5. The lowest BCUT2D eigenvalue weighted by atomic mass is 10.1. The lowest BCUT2D eigenvalue weighted by Crippen LogP contribution is -2.47. The number of likely N-dealkylation sites (tertiary alicyclic amines) is 2. The van der Waals surface area contributed by atoms with Gasteiger partial charge in [0.2, 0.25) is 0 Å². The maximum absolute atomic E-state index is 9.37. The zero-order chi connectivity index (χ0) is 45.8. The minimum absolute atomic E-state index is 0.0676. The van der Waals surface area contributed by atoms with Gasteiger partial charge in [-0.1, -0.05) is 136 Å². The molecule has 0 saturated carbocycles. The molecule has 0 unspecified atom stereocenters. The third-order valence-electron chi connectivity index (χ3n) is 13.2. The van der Waals surface area contributed by atoms with Gasteiger partial charge in [0.25, 0.3) is 0 Å². The summed E-state index contributed by atoms with van der Waals surface area (Å²) in [5.74, 6) is 0. The van der Waals surface area contributed by atoms with E-state index in [1.807, 2.05) is 6.07 Å². The molecule has 0 aliphatic carbocycles. The van der Waals surface area contributed by atoms with Crippen LogP contribution in [0.3, 0.4) is 0 Å². The van der Waals surface area contributed by atoms with Crippen LogP contribution in [0.25, 0.3) is 0 Å². The van der Waals surface area contributed by atoms with E-state index >= 15 is 0 Å². The van der Waals surface area contributed by atoms with E-state index in [0.29, 0.717) is 27.3 Å². The molecule has 60 heavy (non-hydrogen) atoms. The molecule has 2 aromatic rings. The van der Waals surface area contributed by atoms with E-state index in [1.54, 1.807) is 0 Å². The highest BCUT2D eigenvalue weighted by Crippen LogP contribution is 2.40. The van der Waals surface area contributed by atoms with Gasteiger partial charge in [-0.2, -0.15) is 11.1 Å². The van der Waals surface area contributed by atoms with E-state index in [4.69, 9.17) is 43.1 Å². The summed E-state index contributed by atoms with van der Waals surface area (Å²) in [7, 11) is -4.51. The van der Waals surface area contributed by atoms with Gasteiger partial charge in [0.1, 0.15) is 0 Å². The SMILES string of the molecule is CC(C)(C)[Si](C)(C)Cl.CC(C)(C)[Si](C)(C)OC1CCN(Cc2ccccc2)CC1.CC(C)(C)[Si](C)(C)OC1CCNCC1.ClCCl.OC1CCN(Cc2ccccc2)CC1. The molecule has 2 aromatic carbocycles. The van der Waals surface area contributed by atoms with Crippen molar-refractivity contribution in [3.8, 4) is 0 Å². The summed E-state index contributed by atoms with van der Waals surface area (Å²) in [6, 6.07) is 21.3. The van der Waals surface area contributed by atoms with Crippen molar-refractivity contribution in [1.82, 2.24) is 15.1 Å². The van der Waals surface area contributed by atoms with E-state index in [0.717, 1.165) is 65.2 Å². The predicted octanol–water partition coefficient (Wildman–Crippen LogP) is 13.7. The van der Waals surface area contributed by atoms with Gasteiger partial charge in [-0.15, -0.1) is 23.2 Å². The number of aliphatic hydroxyl groups is 1. The smallest absolute Gasteiger partial charge is 0.192 e. The van der Waals surface area contributed by atoms with Crippen molar-refractivity contribution < 1.29 is 14.0 Å². The topological polar surface area (TPSA) is 57.2 Å². The highest BCUT2D eigenvalue weighted by molar-refractivity contribution is 7.20.